The molecule has 1 amide bonds. The monoisotopic (exact) mass is 341 g/mol. The van der Waals surface area contributed by atoms with Gasteiger partial charge in [-0.1, -0.05) is 18.2 Å². The Kier molecular flexibility index (Phi) is 4.43. The smallest absolute Gasteiger partial charge is 0.276 e. The molecule has 0 bridgehead atoms. The molecule has 0 saturated carbocycles. The molecule has 2 heterocycles. The Morgan fingerprint density at radius 1 is 1.33 bits per heavy atom. The molecular weight excluding hydrogens is 330 g/mol. The fraction of sp³-hybridized carbons (Fsp3) is 0. The van der Waals surface area contributed by atoms with Crippen molar-refractivity contribution >= 4 is 29.1 Å². The molecule has 9 heteroatoms. The number of nitro groups is 1. The highest BCUT2D eigenvalue weighted by atomic mass is 32.1. The second kappa shape index (κ2) is 6.84. The number of nitrogens with one attached hydrogen (secondary N) is 2. The molecule has 2 aromatic heterocycles. The molecule has 0 spiro atoms. The molecule has 0 aliphatic carbocycles. The molecule has 0 fully saturated rings. The van der Waals surface area contributed by atoms with Crippen molar-refractivity contribution in [1.29, 1.82) is 0 Å². The van der Waals surface area contributed by atoms with E-state index >= 15 is 0 Å². The minimum atomic E-state index is -0.506. The summed E-state index contributed by atoms with van der Waals surface area (Å²) in [6.07, 6.45) is 2.64. The maximum Gasteiger partial charge on any atom is 0.278 e. The Morgan fingerprint density at radius 2 is 2.17 bits per heavy atom. The zero-order chi connectivity index (χ0) is 16.9. The van der Waals surface area contributed by atoms with Crippen LogP contribution in [-0.4, -0.2) is 27.2 Å². The van der Waals surface area contributed by atoms with E-state index in [9.17, 15) is 14.9 Å². The second-order valence-electron chi connectivity index (χ2n) is 4.65. The van der Waals surface area contributed by atoms with Gasteiger partial charge in [0.1, 0.15) is 0 Å². The van der Waals surface area contributed by atoms with Crippen molar-refractivity contribution < 1.29 is 9.72 Å². The van der Waals surface area contributed by atoms with Gasteiger partial charge < -0.3 is 0 Å². The SMILES string of the molecule is O=C(N/N=C/c1ccccc1[N+](=O)[O-])c1cn[nH]c1-c1cccs1. The highest BCUT2D eigenvalue weighted by Crippen LogP contribution is 2.25. The minimum Gasteiger partial charge on any atom is -0.276 e. The van der Waals surface area contributed by atoms with Gasteiger partial charge in [-0.3, -0.25) is 20.0 Å². The van der Waals surface area contributed by atoms with E-state index in [1.54, 1.807) is 18.2 Å². The number of carbonyl (C=O) groups excluding carboxylic acids is 1. The lowest BCUT2D eigenvalue weighted by molar-refractivity contribution is -0.385. The van der Waals surface area contributed by atoms with E-state index < -0.39 is 10.8 Å². The molecule has 0 aliphatic heterocycles. The quantitative estimate of drug-likeness (QED) is 0.422. The lowest BCUT2D eigenvalue weighted by Crippen LogP contribution is -2.17. The number of hydrogen-bond acceptors (Lipinski definition) is 6. The van der Waals surface area contributed by atoms with Crippen LogP contribution in [0, 0.1) is 10.1 Å². The van der Waals surface area contributed by atoms with Crippen LogP contribution in [0.3, 0.4) is 0 Å². The number of rotatable bonds is 5. The molecule has 3 aromatic rings. The summed E-state index contributed by atoms with van der Waals surface area (Å²) in [4.78, 5) is 23.5. The summed E-state index contributed by atoms with van der Waals surface area (Å²) in [6, 6.07) is 9.87. The van der Waals surface area contributed by atoms with E-state index in [1.807, 2.05) is 17.5 Å². The van der Waals surface area contributed by atoms with Crippen molar-refractivity contribution in [2.24, 2.45) is 5.10 Å². The summed E-state index contributed by atoms with van der Waals surface area (Å²) in [5.41, 5.74) is 3.51. The number of aromatic amines is 1. The first-order valence-corrected chi connectivity index (χ1v) is 7.69. The molecule has 0 radical (unpaired) electrons. The van der Waals surface area contributed by atoms with Gasteiger partial charge in [0, 0.05) is 6.07 Å². The van der Waals surface area contributed by atoms with E-state index in [1.165, 1.54) is 29.8 Å². The zero-order valence-electron chi connectivity index (χ0n) is 12.2. The van der Waals surface area contributed by atoms with Gasteiger partial charge in [-0.05, 0) is 17.5 Å². The molecule has 0 atom stereocenters. The number of aromatic nitrogens is 2. The third-order valence-electron chi connectivity index (χ3n) is 3.15. The lowest BCUT2D eigenvalue weighted by Gasteiger charge is -2.00. The number of nitro benzene ring substituents is 1. The first-order chi connectivity index (χ1) is 11.7. The van der Waals surface area contributed by atoms with E-state index in [-0.39, 0.29) is 5.69 Å². The van der Waals surface area contributed by atoms with Crippen molar-refractivity contribution in [2.75, 3.05) is 0 Å². The van der Waals surface area contributed by atoms with Gasteiger partial charge in [0.2, 0.25) is 0 Å². The van der Waals surface area contributed by atoms with Crippen LogP contribution in [0.25, 0.3) is 10.6 Å². The molecule has 0 unspecified atom stereocenters. The first kappa shape index (κ1) is 15.6. The molecule has 1 aromatic carbocycles. The predicted octanol–water partition coefficient (Wildman–Crippen LogP) is 2.81. The number of hydrazone groups is 1. The van der Waals surface area contributed by atoms with Crippen molar-refractivity contribution in [1.82, 2.24) is 15.6 Å². The lowest BCUT2D eigenvalue weighted by atomic mass is 10.2. The number of benzene rings is 1. The molecule has 120 valence electrons. The van der Waals surface area contributed by atoms with Crippen LogP contribution in [0.15, 0.2) is 53.1 Å². The maximum atomic E-state index is 12.2. The molecular formula is C15H11N5O3S. The highest BCUT2D eigenvalue weighted by molar-refractivity contribution is 7.13. The van der Waals surface area contributed by atoms with Crippen LogP contribution >= 0.6 is 11.3 Å². The van der Waals surface area contributed by atoms with Crippen LogP contribution in [0.1, 0.15) is 15.9 Å². The number of carbonyl (C=O) groups is 1. The van der Waals surface area contributed by atoms with E-state index in [4.69, 9.17) is 0 Å². The fourth-order valence-electron chi connectivity index (χ4n) is 2.05. The third kappa shape index (κ3) is 3.20. The maximum absolute atomic E-state index is 12.2. The zero-order valence-corrected chi connectivity index (χ0v) is 13.0. The van der Waals surface area contributed by atoms with Gasteiger partial charge in [-0.25, -0.2) is 5.43 Å². The van der Waals surface area contributed by atoms with Gasteiger partial charge in [0.05, 0.1) is 39.0 Å². The average Bonchev–Trinajstić information content (AvgIpc) is 3.26. The third-order valence-corrected chi connectivity index (χ3v) is 4.04. The van der Waals surface area contributed by atoms with Gasteiger partial charge in [0.15, 0.2) is 0 Å². The van der Waals surface area contributed by atoms with E-state index in [0.717, 1.165) is 4.88 Å². The Labute approximate surface area is 140 Å². The Balaban J connectivity index is 1.76. The first-order valence-electron chi connectivity index (χ1n) is 6.81. The fourth-order valence-corrected chi connectivity index (χ4v) is 2.78. The van der Waals surface area contributed by atoms with Crippen molar-refractivity contribution in [3.63, 3.8) is 0 Å². The number of amides is 1. The van der Waals surface area contributed by atoms with Gasteiger partial charge in [-0.2, -0.15) is 10.2 Å². The van der Waals surface area contributed by atoms with Gasteiger partial charge in [0.25, 0.3) is 11.6 Å². The molecule has 3 rings (SSSR count). The average molecular weight is 341 g/mol. The van der Waals surface area contributed by atoms with Gasteiger partial charge in [-0.15, -0.1) is 11.3 Å². The van der Waals surface area contributed by atoms with Crippen LogP contribution in [0.4, 0.5) is 5.69 Å². The molecule has 2 N–H and O–H groups in total. The van der Waals surface area contributed by atoms with Crippen molar-refractivity contribution in [3.05, 3.63) is 69.2 Å². The van der Waals surface area contributed by atoms with Crippen LogP contribution in [0.2, 0.25) is 0 Å². The van der Waals surface area contributed by atoms with Crippen LogP contribution in [-0.2, 0) is 0 Å². The van der Waals surface area contributed by atoms with Gasteiger partial charge >= 0.3 is 0 Å². The standard InChI is InChI=1S/C15H11N5O3S/c21-15(11-9-17-18-14(11)13-6-3-7-24-13)19-16-8-10-4-1-2-5-12(10)20(22)23/h1-9H,(H,17,18)(H,19,21)/b16-8+. The van der Waals surface area contributed by atoms with Crippen LogP contribution in [0.5, 0.6) is 0 Å². The highest BCUT2D eigenvalue weighted by Gasteiger charge is 2.15. The Morgan fingerprint density at radius 3 is 2.92 bits per heavy atom. The Hall–Kier alpha value is -3.33. The summed E-state index contributed by atoms with van der Waals surface area (Å²) < 4.78 is 0. The van der Waals surface area contributed by atoms with E-state index in [0.29, 0.717) is 16.8 Å². The molecule has 8 nitrogen and oxygen atoms in total. The second-order valence-corrected chi connectivity index (χ2v) is 5.60. The Bertz CT molecular complexity index is 901. The number of para-hydroxylation sites is 1. The summed E-state index contributed by atoms with van der Waals surface area (Å²) in [5, 5.41) is 23.3. The predicted molar refractivity (Wildman–Crippen MR) is 90.1 cm³/mol. The summed E-state index contributed by atoms with van der Waals surface area (Å²) in [5.74, 6) is -0.456. The van der Waals surface area contributed by atoms with Crippen LogP contribution < -0.4 is 5.43 Å². The number of H-pyrrole nitrogens is 1. The number of thiophene rings is 1. The molecule has 0 saturated heterocycles. The summed E-state index contributed by atoms with van der Waals surface area (Å²) in [6.45, 7) is 0. The number of nitrogens with zero attached hydrogens (tertiary/aromatic N) is 3. The van der Waals surface area contributed by atoms with E-state index in [2.05, 4.69) is 20.7 Å². The molecule has 0 aliphatic rings. The molecule has 24 heavy (non-hydrogen) atoms. The summed E-state index contributed by atoms with van der Waals surface area (Å²) >= 11 is 1.47. The number of hydrogen-bond donors (Lipinski definition) is 2. The van der Waals surface area contributed by atoms with Crippen molar-refractivity contribution in [2.45, 2.75) is 0 Å². The normalized spacial score (nSPS) is 10.8. The largest absolute Gasteiger partial charge is 0.278 e. The van der Waals surface area contributed by atoms with Crippen molar-refractivity contribution in [3.8, 4) is 10.6 Å². The topological polar surface area (TPSA) is 113 Å². The summed E-state index contributed by atoms with van der Waals surface area (Å²) in [7, 11) is 0. The minimum absolute atomic E-state index is 0.0851.